The van der Waals surface area contributed by atoms with E-state index in [0.29, 0.717) is 25.7 Å². The maximum Gasteiger partial charge on any atom is 0.305 e. The number of nitrogens with two attached hydrogens (primary N) is 2. The predicted octanol–water partition coefficient (Wildman–Crippen LogP) is 0.0978. The zero-order valence-corrected chi connectivity index (χ0v) is 20.8. The number of hydrogen-bond donors (Lipinski definition) is 5. The Hall–Kier alpha value is -1.92. The van der Waals surface area contributed by atoms with Gasteiger partial charge in [-0.15, -0.1) is 0 Å². The first kappa shape index (κ1) is 27.3. The molecule has 7 unspecified atom stereocenters. The van der Waals surface area contributed by atoms with Crippen molar-refractivity contribution in [2.75, 3.05) is 20.8 Å². The summed E-state index contributed by atoms with van der Waals surface area (Å²) in [6, 6.07) is -0.690. The van der Waals surface area contributed by atoms with Gasteiger partial charge >= 0.3 is 5.97 Å². The Morgan fingerprint density at radius 3 is 2.48 bits per heavy atom. The maximum absolute atomic E-state index is 12.6. The summed E-state index contributed by atoms with van der Waals surface area (Å²) < 4.78 is 11.0. The highest BCUT2D eigenvalue weighted by atomic mass is 79.9. The van der Waals surface area contributed by atoms with Crippen LogP contribution in [0.25, 0.3) is 0 Å². The fourth-order valence-corrected chi connectivity index (χ4v) is 5.90. The van der Waals surface area contributed by atoms with Crippen molar-refractivity contribution in [2.45, 2.75) is 74.1 Å². The summed E-state index contributed by atoms with van der Waals surface area (Å²) in [5.41, 5.74) is 10.9. The number of carbonyl (C=O) groups is 3. The van der Waals surface area contributed by atoms with Gasteiger partial charge in [-0.1, -0.05) is 22.4 Å². The summed E-state index contributed by atoms with van der Waals surface area (Å²) in [6.07, 6.45) is 3.45. The monoisotopic (exact) mass is 533 g/mol. The molecule has 0 aromatic heterocycles. The van der Waals surface area contributed by atoms with Crippen LogP contribution < -0.4 is 22.1 Å². The van der Waals surface area contributed by atoms with Gasteiger partial charge in [-0.25, -0.2) is 0 Å². The molecule has 33 heavy (non-hydrogen) atoms. The van der Waals surface area contributed by atoms with Gasteiger partial charge in [0, 0.05) is 31.0 Å². The first-order valence-electron chi connectivity index (χ1n) is 11.2. The van der Waals surface area contributed by atoms with Crippen LogP contribution in [0, 0.1) is 11.8 Å². The van der Waals surface area contributed by atoms with Crippen LogP contribution in [0.5, 0.6) is 0 Å². The summed E-state index contributed by atoms with van der Waals surface area (Å²) in [7, 11) is 3.19. The second kappa shape index (κ2) is 13.1. The van der Waals surface area contributed by atoms with Gasteiger partial charge in [0.1, 0.15) is 0 Å². The van der Waals surface area contributed by atoms with Crippen molar-refractivity contribution < 1.29 is 29.0 Å². The molecule has 2 rings (SSSR count). The Balaban J connectivity index is 1.92. The number of aliphatic imine (C=N–C) groups is 1. The van der Waals surface area contributed by atoms with Gasteiger partial charge in [0.15, 0.2) is 5.96 Å². The van der Waals surface area contributed by atoms with Crippen LogP contribution >= 0.6 is 15.9 Å². The van der Waals surface area contributed by atoms with Gasteiger partial charge in [0.2, 0.25) is 11.8 Å². The number of methoxy groups -OCH3 is 2. The number of nitrogens with zero attached hydrogens (tertiary/aromatic N) is 1. The van der Waals surface area contributed by atoms with E-state index in [2.05, 4.69) is 31.6 Å². The van der Waals surface area contributed by atoms with Crippen LogP contribution in [0.15, 0.2) is 4.99 Å². The number of carbonyl (C=O) groups excluding carboxylic acids is 2. The second-order valence-electron chi connectivity index (χ2n) is 8.78. The first-order chi connectivity index (χ1) is 15.6. The van der Waals surface area contributed by atoms with Crippen LogP contribution in [-0.2, 0) is 23.9 Å². The number of ether oxygens (including phenoxy) is 2. The Morgan fingerprint density at radius 1 is 1.15 bits per heavy atom. The second-order valence-corrected chi connectivity index (χ2v) is 9.96. The predicted molar refractivity (Wildman–Crippen MR) is 126 cm³/mol. The van der Waals surface area contributed by atoms with E-state index in [4.69, 9.17) is 20.9 Å². The number of guanidine groups is 1. The van der Waals surface area contributed by atoms with Crippen LogP contribution in [0.1, 0.15) is 44.9 Å². The topological polar surface area (TPSA) is 178 Å². The standard InChI is InChI=1S/C21H36BrN5O6/c1-32-16-8-12(7-14(22)19(16)33-2)15(9-18(29)30)27-17(28)10-25-20(31)11-4-3-5-13(6-11)26-21(23)24/h11-16,19H,3-10H2,1-2H3,(H,25,31)(H,27,28)(H,29,30)(H4,23,24,26). The number of rotatable bonds is 10. The molecule has 12 heteroatoms. The lowest BCUT2D eigenvalue weighted by molar-refractivity contribution is -0.139. The quantitative estimate of drug-likeness (QED) is 0.149. The normalized spacial score (nSPS) is 30.6. The number of amides is 2. The molecule has 0 radical (unpaired) electrons. The number of aliphatic carboxylic acids is 1. The number of carboxylic acid groups (broad SMARTS) is 1. The minimum Gasteiger partial charge on any atom is -0.481 e. The molecule has 2 aliphatic rings. The van der Waals surface area contributed by atoms with Gasteiger partial charge in [-0.3, -0.25) is 19.4 Å². The van der Waals surface area contributed by atoms with E-state index in [-0.39, 0.29) is 59.7 Å². The van der Waals surface area contributed by atoms with Crippen LogP contribution in [-0.4, -0.2) is 78.7 Å². The van der Waals surface area contributed by atoms with Crippen LogP contribution in [0.4, 0.5) is 0 Å². The minimum absolute atomic E-state index is 0.00544. The van der Waals surface area contributed by atoms with Crippen molar-refractivity contribution >= 4 is 39.7 Å². The molecule has 7 atom stereocenters. The van der Waals surface area contributed by atoms with E-state index in [0.717, 1.165) is 12.8 Å². The zero-order valence-electron chi connectivity index (χ0n) is 19.2. The molecule has 0 aliphatic heterocycles. The number of halogens is 1. The van der Waals surface area contributed by atoms with Crippen molar-refractivity contribution in [1.29, 1.82) is 0 Å². The van der Waals surface area contributed by atoms with E-state index in [1.807, 2.05) is 0 Å². The number of nitrogens with one attached hydrogen (secondary N) is 2. The molecular weight excluding hydrogens is 498 g/mol. The molecule has 2 saturated carbocycles. The smallest absolute Gasteiger partial charge is 0.305 e. The maximum atomic E-state index is 12.6. The van der Waals surface area contributed by atoms with Crippen molar-refractivity contribution in [3.05, 3.63) is 0 Å². The van der Waals surface area contributed by atoms with Gasteiger partial charge in [0.05, 0.1) is 31.2 Å². The molecule has 0 heterocycles. The van der Waals surface area contributed by atoms with E-state index >= 15 is 0 Å². The molecule has 0 aromatic carbocycles. The van der Waals surface area contributed by atoms with Crippen LogP contribution in [0.2, 0.25) is 0 Å². The molecule has 0 aromatic rings. The highest BCUT2D eigenvalue weighted by Crippen LogP contribution is 2.35. The minimum atomic E-state index is -1.01. The van der Waals surface area contributed by atoms with E-state index < -0.39 is 17.9 Å². The van der Waals surface area contributed by atoms with Gasteiger partial charge in [0.25, 0.3) is 0 Å². The van der Waals surface area contributed by atoms with Crippen molar-refractivity contribution in [3.8, 4) is 0 Å². The van der Waals surface area contributed by atoms with Gasteiger partial charge in [-0.2, -0.15) is 0 Å². The summed E-state index contributed by atoms with van der Waals surface area (Å²) >= 11 is 3.60. The molecule has 0 bridgehead atoms. The SMILES string of the molecule is COC1CC(C(CC(=O)O)NC(=O)CNC(=O)C2CCCC(N=C(N)N)C2)CC(Br)C1OC. The first-order valence-corrected chi connectivity index (χ1v) is 12.1. The Bertz CT molecular complexity index is 719. The highest BCUT2D eigenvalue weighted by molar-refractivity contribution is 9.09. The molecule has 2 amide bonds. The highest BCUT2D eigenvalue weighted by Gasteiger charge is 2.41. The molecule has 0 spiro atoms. The largest absolute Gasteiger partial charge is 0.481 e. The van der Waals surface area contributed by atoms with E-state index in [1.54, 1.807) is 14.2 Å². The summed E-state index contributed by atoms with van der Waals surface area (Å²) in [6.45, 7) is -0.225. The molecular formula is C21H36BrN5O6. The zero-order chi connectivity index (χ0) is 24.5. The molecule has 7 N–H and O–H groups in total. The summed E-state index contributed by atoms with van der Waals surface area (Å²) in [5, 5.41) is 14.8. The van der Waals surface area contributed by atoms with E-state index in [1.165, 1.54) is 0 Å². The Labute approximate surface area is 202 Å². The van der Waals surface area contributed by atoms with Crippen molar-refractivity contribution in [3.63, 3.8) is 0 Å². The number of alkyl halides is 1. The third kappa shape index (κ3) is 8.42. The average Bonchev–Trinajstić information content (AvgIpc) is 2.75. The fourth-order valence-electron chi connectivity index (χ4n) is 4.87. The summed E-state index contributed by atoms with van der Waals surface area (Å²) in [4.78, 5) is 40.7. The Morgan fingerprint density at radius 2 is 1.88 bits per heavy atom. The van der Waals surface area contributed by atoms with E-state index in [9.17, 15) is 19.5 Å². The lowest BCUT2D eigenvalue weighted by atomic mass is 9.79. The number of carboxylic acids is 1. The Kier molecular flexibility index (Phi) is 10.8. The lowest BCUT2D eigenvalue weighted by Gasteiger charge is -2.40. The lowest BCUT2D eigenvalue weighted by Crippen LogP contribution is -2.52. The summed E-state index contributed by atoms with van der Waals surface area (Å²) in [5.74, 6) is -2.05. The molecule has 11 nitrogen and oxygen atoms in total. The fraction of sp³-hybridized carbons (Fsp3) is 0.810. The van der Waals surface area contributed by atoms with Gasteiger partial charge < -0.3 is 36.7 Å². The molecule has 188 valence electrons. The molecule has 2 fully saturated rings. The van der Waals surface area contributed by atoms with Gasteiger partial charge in [-0.05, 0) is 38.0 Å². The molecule has 0 saturated heterocycles. The third-order valence-corrected chi connectivity index (χ3v) is 7.34. The third-order valence-electron chi connectivity index (χ3n) is 6.44. The average molecular weight is 534 g/mol. The van der Waals surface area contributed by atoms with Crippen molar-refractivity contribution in [2.24, 2.45) is 28.3 Å². The van der Waals surface area contributed by atoms with Crippen molar-refractivity contribution in [1.82, 2.24) is 10.6 Å². The number of hydrogen-bond acceptors (Lipinski definition) is 6. The molecule has 2 aliphatic carbocycles. The van der Waals surface area contributed by atoms with Crippen LogP contribution in [0.3, 0.4) is 0 Å².